The molecule has 1 aromatic heterocycles. The van der Waals surface area contributed by atoms with Gasteiger partial charge in [0.2, 0.25) is 0 Å². The molecule has 1 aliphatic heterocycles. The van der Waals surface area contributed by atoms with Crippen LogP contribution in [0.4, 0.5) is 11.5 Å². The van der Waals surface area contributed by atoms with Crippen molar-refractivity contribution in [2.75, 3.05) is 37.4 Å². The first-order chi connectivity index (χ1) is 8.70. The molecule has 0 spiro atoms. The van der Waals surface area contributed by atoms with Crippen LogP contribution in [0.25, 0.3) is 0 Å². The zero-order chi connectivity index (χ0) is 13.0. The lowest BCUT2D eigenvalue weighted by Gasteiger charge is -2.28. The van der Waals surface area contributed by atoms with Crippen LogP contribution in [-0.4, -0.2) is 31.8 Å². The van der Waals surface area contributed by atoms with Gasteiger partial charge in [0.25, 0.3) is 0 Å². The lowest BCUT2D eigenvalue weighted by Crippen LogP contribution is -2.31. The molecule has 2 heterocycles. The van der Waals surface area contributed by atoms with Crippen molar-refractivity contribution in [3.8, 4) is 6.07 Å². The van der Waals surface area contributed by atoms with Gasteiger partial charge < -0.3 is 15.4 Å². The summed E-state index contributed by atoms with van der Waals surface area (Å²) in [5, 5.41) is 9.10. The molecule has 1 unspecified atom stereocenters. The van der Waals surface area contributed by atoms with Crippen molar-refractivity contribution < 1.29 is 4.74 Å². The fourth-order valence-electron chi connectivity index (χ4n) is 2.29. The molecule has 0 bridgehead atoms. The highest BCUT2D eigenvalue weighted by molar-refractivity contribution is 5.58. The molecule has 18 heavy (non-hydrogen) atoms. The molecule has 1 atom stereocenters. The van der Waals surface area contributed by atoms with Gasteiger partial charge in [-0.25, -0.2) is 4.98 Å². The third kappa shape index (κ3) is 2.90. The normalized spacial score (nSPS) is 19.2. The fraction of sp³-hybridized carbons (Fsp3) is 0.538. The van der Waals surface area contributed by atoms with E-state index in [1.807, 2.05) is 11.9 Å². The standard InChI is InChI=1S/C13H18N4O/c1-17(8-10-3-2-4-18-9-10)13-11(6-14)5-12(15)7-16-13/h5,7,10H,2-4,8-9,15H2,1H3. The Labute approximate surface area is 107 Å². The van der Waals surface area contributed by atoms with Crippen LogP contribution in [-0.2, 0) is 4.74 Å². The van der Waals surface area contributed by atoms with Crippen LogP contribution in [0.5, 0.6) is 0 Å². The van der Waals surface area contributed by atoms with E-state index in [4.69, 9.17) is 15.7 Å². The Bertz CT molecular complexity index is 449. The summed E-state index contributed by atoms with van der Waals surface area (Å²) in [6, 6.07) is 3.80. The molecule has 0 saturated carbocycles. The second-order valence-electron chi connectivity index (χ2n) is 4.72. The van der Waals surface area contributed by atoms with E-state index in [1.165, 1.54) is 6.42 Å². The van der Waals surface area contributed by atoms with Gasteiger partial charge in [-0.3, -0.25) is 0 Å². The van der Waals surface area contributed by atoms with Gasteiger partial charge >= 0.3 is 0 Å². The SMILES string of the molecule is CN(CC1CCCOC1)c1ncc(N)cc1C#N. The van der Waals surface area contributed by atoms with E-state index >= 15 is 0 Å². The molecule has 0 radical (unpaired) electrons. The maximum atomic E-state index is 9.10. The number of nitrogen functional groups attached to an aromatic ring is 1. The van der Waals surface area contributed by atoms with Crippen molar-refractivity contribution in [1.29, 1.82) is 5.26 Å². The van der Waals surface area contributed by atoms with Gasteiger partial charge in [-0.05, 0) is 24.8 Å². The average Bonchev–Trinajstić information content (AvgIpc) is 2.39. The van der Waals surface area contributed by atoms with Crippen molar-refractivity contribution in [1.82, 2.24) is 4.98 Å². The average molecular weight is 246 g/mol. The van der Waals surface area contributed by atoms with Crippen molar-refractivity contribution >= 4 is 11.5 Å². The van der Waals surface area contributed by atoms with E-state index in [-0.39, 0.29) is 0 Å². The molecular weight excluding hydrogens is 228 g/mol. The van der Waals surface area contributed by atoms with Gasteiger partial charge in [-0.2, -0.15) is 5.26 Å². The molecule has 0 aliphatic carbocycles. The summed E-state index contributed by atoms with van der Waals surface area (Å²) in [7, 11) is 1.95. The Morgan fingerprint density at radius 2 is 2.50 bits per heavy atom. The Morgan fingerprint density at radius 3 is 3.17 bits per heavy atom. The van der Waals surface area contributed by atoms with Gasteiger partial charge in [-0.15, -0.1) is 0 Å². The first-order valence-corrected chi connectivity index (χ1v) is 6.15. The van der Waals surface area contributed by atoms with E-state index in [2.05, 4.69) is 11.1 Å². The van der Waals surface area contributed by atoms with Crippen molar-refractivity contribution in [2.24, 2.45) is 5.92 Å². The molecule has 5 heteroatoms. The Balaban J connectivity index is 2.08. The molecule has 1 fully saturated rings. The smallest absolute Gasteiger partial charge is 0.146 e. The topological polar surface area (TPSA) is 75.2 Å². The largest absolute Gasteiger partial charge is 0.397 e. The van der Waals surface area contributed by atoms with Crippen LogP contribution in [0.2, 0.25) is 0 Å². The zero-order valence-electron chi connectivity index (χ0n) is 10.6. The summed E-state index contributed by atoms with van der Waals surface area (Å²) in [6.45, 7) is 2.51. The summed E-state index contributed by atoms with van der Waals surface area (Å²) in [5.74, 6) is 1.20. The minimum atomic E-state index is 0.509. The summed E-state index contributed by atoms with van der Waals surface area (Å²) in [6.07, 6.45) is 3.87. The van der Waals surface area contributed by atoms with Crippen molar-refractivity contribution in [3.05, 3.63) is 17.8 Å². The van der Waals surface area contributed by atoms with E-state index in [9.17, 15) is 0 Å². The second-order valence-corrected chi connectivity index (χ2v) is 4.72. The fourth-order valence-corrected chi connectivity index (χ4v) is 2.29. The third-order valence-corrected chi connectivity index (χ3v) is 3.16. The number of pyridine rings is 1. The van der Waals surface area contributed by atoms with E-state index in [0.29, 0.717) is 23.0 Å². The molecule has 1 saturated heterocycles. The number of rotatable bonds is 3. The van der Waals surface area contributed by atoms with Crippen LogP contribution in [0.3, 0.4) is 0 Å². The van der Waals surface area contributed by atoms with Crippen LogP contribution in [0.1, 0.15) is 18.4 Å². The Kier molecular flexibility index (Phi) is 4.00. The zero-order valence-corrected chi connectivity index (χ0v) is 10.6. The molecule has 2 rings (SSSR count). The van der Waals surface area contributed by atoms with E-state index < -0.39 is 0 Å². The van der Waals surface area contributed by atoms with Crippen LogP contribution >= 0.6 is 0 Å². The molecular formula is C13H18N4O. The summed E-state index contributed by atoms with van der Waals surface area (Å²) >= 11 is 0. The van der Waals surface area contributed by atoms with Crippen molar-refractivity contribution in [2.45, 2.75) is 12.8 Å². The summed E-state index contributed by atoms with van der Waals surface area (Å²) in [4.78, 5) is 6.26. The number of nitrogens with two attached hydrogens (primary N) is 1. The molecule has 96 valence electrons. The Hall–Kier alpha value is -1.80. The monoisotopic (exact) mass is 246 g/mol. The van der Waals surface area contributed by atoms with Crippen molar-refractivity contribution in [3.63, 3.8) is 0 Å². The number of nitriles is 1. The maximum absolute atomic E-state index is 9.10. The Morgan fingerprint density at radius 1 is 1.67 bits per heavy atom. The highest BCUT2D eigenvalue weighted by Crippen LogP contribution is 2.21. The summed E-state index contributed by atoms with van der Waals surface area (Å²) in [5.41, 5.74) is 6.68. The van der Waals surface area contributed by atoms with Gasteiger partial charge in [0, 0.05) is 20.2 Å². The lowest BCUT2D eigenvalue weighted by molar-refractivity contribution is 0.0576. The predicted molar refractivity (Wildman–Crippen MR) is 70.2 cm³/mol. The number of hydrogen-bond donors (Lipinski definition) is 1. The molecule has 0 amide bonds. The predicted octanol–water partition coefficient (Wildman–Crippen LogP) is 1.40. The summed E-state index contributed by atoms with van der Waals surface area (Å²) < 4.78 is 5.46. The molecule has 1 aromatic rings. The molecule has 1 aliphatic rings. The molecule has 2 N–H and O–H groups in total. The second kappa shape index (κ2) is 5.69. The first-order valence-electron chi connectivity index (χ1n) is 6.15. The van der Waals surface area contributed by atoms with E-state index in [0.717, 1.165) is 26.2 Å². The minimum absolute atomic E-state index is 0.509. The minimum Gasteiger partial charge on any atom is -0.397 e. The van der Waals surface area contributed by atoms with Gasteiger partial charge in [0.1, 0.15) is 11.9 Å². The maximum Gasteiger partial charge on any atom is 0.146 e. The number of ether oxygens (including phenoxy) is 1. The van der Waals surface area contributed by atoms with Gasteiger partial charge in [-0.1, -0.05) is 0 Å². The number of anilines is 2. The number of aromatic nitrogens is 1. The van der Waals surface area contributed by atoms with Crippen LogP contribution < -0.4 is 10.6 Å². The highest BCUT2D eigenvalue weighted by atomic mass is 16.5. The lowest BCUT2D eigenvalue weighted by atomic mass is 10.0. The molecule has 0 aromatic carbocycles. The van der Waals surface area contributed by atoms with E-state index in [1.54, 1.807) is 12.3 Å². The highest BCUT2D eigenvalue weighted by Gasteiger charge is 2.18. The van der Waals surface area contributed by atoms with Gasteiger partial charge in [0.15, 0.2) is 0 Å². The molecule has 5 nitrogen and oxygen atoms in total. The van der Waals surface area contributed by atoms with Crippen LogP contribution in [0, 0.1) is 17.2 Å². The quantitative estimate of drug-likeness (QED) is 0.872. The van der Waals surface area contributed by atoms with Crippen LogP contribution in [0.15, 0.2) is 12.3 Å². The van der Waals surface area contributed by atoms with Gasteiger partial charge in [0.05, 0.1) is 24.1 Å². The number of nitrogens with zero attached hydrogens (tertiary/aromatic N) is 3. The first kappa shape index (κ1) is 12.7. The third-order valence-electron chi connectivity index (χ3n) is 3.16. The number of hydrogen-bond acceptors (Lipinski definition) is 5.